The Kier molecular flexibility index (Phi) is 4.47. The van der Waals surface area contributed by atoms with Gasteiger partial charge in [0.15, 0.2) is 0 Å². The maximum atomic E-state index is 6.29. The van der Waals surface area contributed by atoms with Crippen molar-refractivity contribution in [3.8, 4) is 0 Å². The standard InChI is InChI=1S/C18H19ClN4O/c19-17-5-4-14(18-16(17)3-1-6-20-18)11-22-9-10-24-15(12-22)13-23-8-2-7-21-23/h1-8,15H,9-13H2. The molecule has 0 aliphatic carbocycles. The second-order valence-electron chi connectivity index (χ2n) is 6.06. The molecule has 1 atom stereocenters. The minimum atomic E-state index is 0.158. The van der Waals surface area contributed by atoms with Crippen molar-refractivity contribution < 1.29 is 4.74 Å². The van der Waals surface area contributed by atoms with Crippen molar-refractivity contribution in [2.75, 3.05) is 19.7 Å². The molecule has 24 heavy (non-hydrogen) atoms. The Morgan fingerprint density at radius 2 is 2.17 bits per heavy atom. The number of morpholine rings is 1. The molecule has 3 heterocycles. The maximum Gasteiger partial charge on any atom is 0.0898 e. The number of ether oxygens (including phenoxy) is 1. The number of aromatic nitrogens is 3. The Morgan fingerprint density at radius 3 is 3.04 bits per heavy atom. The normalized spacial score (nSPS) is 19.0. The SMILES string of the molecule is Clc1ccc(CN2CCOC(Cn3cccn3)C2)c2ncccc12. The van der Waals surface area contributed by atoms with Gasteiger partial charge in [-0.15, -0.1) is 0 Å². The smallest absolute Gasteiger partial charge is 0.0898 e. The second kappa shape index (κ2) is 6.89. The Morgan fingerprint density at radius 1 is 1.21 bits per heavy atom. The molecule has 2 aromatic heterocycles. The summed E-state index contributed by atoms with van der Waals surface area (Å²) >= 11 is 6.29. The lowest BCUT2D eigenvalue weighted by molar-refractivity contribution is -0.0401. The molecule has 0 spiro atoms. The van der Waals surface area contributed by atoms with Crippen LogP contribution in [0.4, 0.5) is 0 Å². The summed E-state index contributed by atoms with van der Waals surface area (Å²) in [5, 5.41) is 6.03. The summed E-state index contributed by atoms with van der Waals surface area (Å²) in [6, 6.07) is 9.92. The van der Waals surface area contributed by atoms with Gasteiger partial charge in [-0.05, 0) is 29.8 Å². The van der Waals surface area contributed by atoms with Crippen LogP contribution in [0.5, 0.6) is 0 Å². The van der Waals surface area contributed by atoms with Crippen LogP contribution in [-0.4, -0.2) is 45.5 Å². The van der Waals surface area contributed by atoms with Gasteiger partial charge in [0.1, 0.15) is 0 Å². The van der Waals surface area contributed by atoms with Gasteiger partial charge in [-0.25, -0.2) is 0 Å². The molecule has 0 radical (unpaired) electrons. The van der Waals surface area contributed by atoms with Crippen LogP contribution in [0, 0.1) is 0 Å². The molecule has 6 heteroatoms. The fourth-order valence-corrected chi connectivity index (χ4v) is 3.43. The molecular weight excluding hydrogens is 324 g/mol. The van der Waals surface area contributed by atoms with Crippen molar-refractivity contribution in [2.24, 2.45) is 0 Å². The molecule has 1 aromatic carbocycles. The Hall–Kier alpha value is -1.95. The number of fused-ring (bicyclic) bond motifs is 1. The number of halogens is 1. The van der Waals surface area contributed by atoms with E-state index >= 15 is 0 Å². The molecule has 0 N–H and O–H groups in total. The lowest BCUT2D eigenvalue weighted by Crippen LogP contribution is -2.43. The highest BCUT2D eigenvalue weighted by Crippen LogP contribution is 2.26. The van der Waals surface area contributed by atoms with Gasteiger partial charge >= 0.3 is 0 Å². The Labute approximate surface area is 145 Å². The molecule has 0 bridgehead atoms. The van der Waals surface area contributed by atoms with Gasteiger partial charge in [-0.3, -0.25) is 14.6 Å². The van der Waals surface area contributed by atoms with Crippen LogP contribution < -0.4 is 0 Å². The third-order valence-electron chi connectivity index (χ3n) is 4.37. The lowest BCUT2D eigenvalue weighted by Gasteiger charge is -2.33. The topological polar surface area (TPSA) is 43.2 Å². The van der Waals surface area contributed by atoms with Gasteiger partial charge in [-0.2, -0.15) is 5.10 Å². The van der Waals surface area contributed by atoms with Crippen molar-refractivity contribution in [1.82, 2.24) is 19.7 Å². The summed E-state index contributed by atoms with van der Waals surface area (Å²) in [6.45, 7) is 4.18. The van der Waals surface area contributed by atoms with E-state index in [0.717, 1.165) is 48.7 Å². The van der Waals surface area contributed by atoms with E-state index in [4.69, 9.17) is 16.3 Å². The zero-order valence-electron chi connectivity index (χ0n) is 13.3. The van der Waals surface area contributed by atoms with Gasteiger partial charge in [0.05, 0.1) is 24.8 Å². The first kappa shape index (κ1) is 15.6. The first-order valence-electron chi connectivity index (χ1n) is 8.13. The van der Waals surface area contributed by atoms with E-state index < -0.39 is 0 Å². The minimum absolute atomic E-state index is 0.158. The highest BCUT2D eigenvalue weighted by atomic mass is 35.5. The predicted octanol–water partition coefficient (Wildman–Crippen LogP) is 2.99. The number of benzene rings is 1. The minimum Gasteiger partial charge on any atom is -0.374 e. The van der Waals surface area contributed by atoms with Gasteiger partial charge in [-0.1, -0.05) is 17.7 Å². The van der Waals surface area contributed by atoms with Crippen LogP contribution >= 0.6 is 11.6 Å². The van der Waals surface area contributed by atoms with E-state index in [1.54, 1.807) is 6.20 Å². The quantitative estimate of drug-likeness (QED) is 0.731. The second-order valence-corrected chi connectivity index (χ2v) is 6.47. The van der Waals surface area contributed by atoms with Crippen LogP contribution in [-0.2, 0) is 17.8 Å². The first-order valence-corrected chi connectivity index (χ1v) is 8.51. The van der Waals surface area contributed by atoms with E-state index in [9.17, 15) is 0 Å². The zero-order valence-corrected chi connectivity index (χ0v) is 14.1. The van der Waals surface area contributed by atoms with Crippen LogP contribution in [0.2, 0.25) is 5.02 Å². The predicted molar refractivity (Wildman–Crippen MR) is 94.0 cm³/mol. The summed E-state index contributed by atoms with van der Waals surface area (Å²) in [5.41, 5.74) is 2.19. The molecule has 4 rings (SSSR count). The van der Waals surface area contributed by atoms with Crippen molar-refractivity contribution in [3.05, 3.63) is 59.5 Å². The van der Waals surface area contributed by atoms with Gasteiger partial charge in [0.25, 0.3) is 0 Å². The average molecular weight is 343 g/mol. The number of rotatable bonds is 4. The molecule has 1 aliphatic rings. The lowest BCUT2D eigenvalue weighted by atomic mass is 10.1. The molecular formula is C18H19ClN4O. The van der Waals surface area contributed by atoms with Crippen LogP contribution in [0.25, 0.3) is 10.9 Å². The van der Waals surface area contributed by atoms with Gasteiger partial charge < -0.3 is 4.74 Å². The molecule has 3 aromatic rings. The number of hydrogen-bond acceptors (Lipinski definition) is 4. The molecule has 1 fully saturated rings. The van der Waals surface area contributed by atoms with Crippen LogP contribution in [0.3, 0.4) is 0 Å². The average Bonchev–Trinajstić information content (AvgIpc) is 3.11. The van der Waals surface area contributed by atoms with Crippen molar-refractivity contribution in [3.63, 3.8) is 0 Å². The molecule has 0 saturated carbocycles. The van der Waals surface area contributed by atoms with E-state index in [-0.39, 0.29) is 6.10 Å². The first-order chi connectivity index (χ1) is 11.8. The molecule has 1 saturated heterocycles. The van der Waals surface area contributed by atoms with E-state index in [2.05, 4.69) is 21.0 Å². The largest absolute Gasteiger partial charge is 0.374 e. The summed E-state index contributed by atoms with van der Waals surface area (Å²) < 4.78 is 7.81. The summed E-state index contributed by atoms with van der Waals surface area (Å²) in [5.74, 6) is 0. The highest BCUT2D eigenvalue weighted by molar-refractivity contribution is 6.35. The van der Waals surface area contributed by atoms with Crippen LogP contribution in [0.15, 0.2) is 48.9 Å². The van der Waals surface area contributed by atoms with Crippen LogP contribution in [0.1, 0.15) is 5.56 Å². The highest BCUT2D eigenvalue weighted by Gasteiger charge is 2.22. The summed E-state index contributed by atoms with van der Waals surface area (Å²) in [7, 11) is 0. The Bertz CT molecular complexity index is 821. The molecule has 0 amide bonds. The number of hydrogen-bond donors (Lipinski definition) is 0. The monoisotopic (exact) mass is 342 g/mol. The van der Waals surface area contributed by atoms with E-state index in [0.29, 0.717) is 0 Å². The van der Waals surface area contributed by atoms with Crippen molar-refractivity contribution >= 4 is 22.5 Å². The zero-order chi connectivity index (χ0) is 16.4. The van der Waals surface area contributed by atoms with Crippen molar-refractivity contribution in [1.29, 1.82) is 0 Å². The molecule has 124 valence electrons. The molecule has 1 unspecified atom stereocenters. The molecule has 1 aliphatic heterocycles. The van der Waals surface area contributed by atoms with Gasteiger partial charge in [0, 0.05) is 48.6 Å². The molecule has 5 nitrogen and oxygen atoms in total. The Balaban J connectivity index is 1.50. The summed E-state index contributed by atoms with van der Waals surface area (Å²) in [4.78, 5) is 6.94. The fourth-order valence-electron chi connectivity index (χ4n) is 3.22. The third kappa shape index (κ3) is 3.29. The number of nitrogens with zero attached hydrogens (tertiary/aromatic N) is 4. The van der Waals surface area contributed by atoms with Crippen molar-refractivity contribution in [2.45, 2.75) is 19.2 Å². The van der Waals surface area contributed by atoms with E-state index in [1.807, 2.05) is 41.3 Å². The van der Waals surface area contributed by atoms with E-state index in [1.165, 1.54) is 5.56 Å². The maximum absolute atomic E-state index is 6.29. The fraction of sp³-hybridized carbons (Fsp3) is 0.333. The van der Waals surface area contributed by atoms with Gasteiger partial charge in [0.2, 0.25) is 0 Å². The number of pyridine rings is 1. The summed E-state index contributed by atoms with van der Waals surface area (Å²) in [6.07, 6.45) is 5.75. The third-order valence-corrected chi connectivity index (χ3v) is 4.70.